The monoisotopic (exact) mass is 439 g/mol. The number of nitro groups is 1. The van der Waals surface area contributed by atoms with Gasteiger partial charge in [0.1, 0.15) is 0 Å². The molecule has 0 aromatic heterocycles. The van der Waals surface area contributed by atoms with E-state index in [1.165, 1.54) is 23.3 Å². The first-order valence-corrected chi connectivity index (χ1v) is 10.9. The summed E-state index contributed by atoms with van der Waals surface area (Å²) in [6, 6.07) is 12.4. The van der Waals surface area contributed by atoms with Gasteiger partial charge in [-0.1, -0.05) is 30.3 Å². The maximum absolute atomic E-state index is 12.5. The van der Waals surface area contributed by atoms with Crippen molar-refractivity contribution in [1.82, 2.24) is 9.62 Å². The third-order valence-corrected chi connectivity index (χ3v) is 6.68. The van der Waals surface area contributed by atoms with Gasteiger partial charge in [-0.3, -0.25) is 15.0 Å². The average molecular weight is 440 g/mol. The van der Waals surface area contributed by atoms with Crippen LogP contribution in [-0.4, -0.2) is 37.9 Å². The molecule has 7 nitrogen and oxygen atoms in total. The third kappa shape index (κ3) is 5.99. The van der Waals surface area contributed by atoms with Crippen LogP contribution < -0.4 is 4.72 Å². The first-order chi connectivity index (χ1) is 13.4. The van der Waals surface area contributed by atoms with Gasteiger partial charge in [-0.25, -0.2) is 13.1 Å². The van der Waals surface area contributed by atoms with Crippen LogP contribution in [0.15, 0.2) is 47.4 Å². The molecule has 0 bridgehead atoms. The largest absolute Gasteiger partial charge is 0.299 e. The molecule has 2 aromatic carbocycles. The molecule has 1 aliphatic heterocycles. The van der Waals surface area contributed by atoms with Crippen molar-refractivity contribution in [3.8, 4) is 0 Å². The fraction of sp³-hybridized carbons (Fsp3) is 0.400. The minimum absolute atomic E-state index is 0. The Morgan fingerprint density at radius 3 is 2.59 bits per heavy atom. The smallest absolute Gasteiger partial charge is 0.270 e. The standard InChI is InChI=1S/C20H25N3O4S.ClH/c1-16-8-9-19(23(24)25)14-20(16)28(26,27)21-11-4-5-12-22-13-10-17-6-2-3-7-18(17)15-22;/h2-3,6-9,14,21H,4-5,10-13,15H2,1H3;1H. The Labute approximate surface area is 177 Å². The number of fused-ring (bicyclic) bond motifs is 1. The molecular weight excluding hydrogens is 414 g/mol. The summed E-state index contributed by atoms with van der Waals surface area (Å²) < 4.78 is 27.5. The quantitative estimate of drug-likeness (QED) is 0.386. The number of benzene rings is 2. The Hall–Kier alpha value is -2.00. The highest BCUT2D eigenvalue weighted by atomic mass is 35.5. The lowest BCUT2D eigenvalue weighted by Crippen LogP contribution is -2.32. The molecule has 0 unspecified atom stereocenters. The lowest BCUT2D eigenvalue weighted by Gasteiger charge is -2.28. The van der Waals surface area contributed by atoms with Gasteiger partial charge in [-0.2, -0.15) is 0 Å². The summed E-state index contributed by atoms with van der Waals surface area (Å²) >= 11 is 0. The zero-order chi connectivity index (χ0) is 20.1. The van der Waals surface area contributed by atoms with Crippen molar-refractivity contribution in [2.75, 3.05) is 19.6 Å². The molecule has 0 spiro atoms. The van der Waals surface area contributed by atoms with E-state index in [1.807, 2.05) is 0 Å². The molecule has 2 aromatic rings. The van der Waals surface area contributed by atoms with Crippen LogP contribution in [0.4, 0.5) is 5.69 Å². The molecule has 29 heavy (non-hydrogen) atoms. The van der Waals surface area contributed by atoms with E-state index in [0.717, 1.165) is 38.5 Å². The normalized spacial score (nSPS) is 14.1. The second-order valence-corrected chi connectivity index (χ2v) is 8.84. The van der Waals surface area contributed by atoms with Gasteiger partial charge >= 0.3 is 0 Å². The number of hydrogen-bond donors (Lipinski definition) is 1. The fourth-order valence-electron chi connectivity index (χ4n) is 3.48. The van der Waals surface area contributed by atoms with Crippen molar-refractivity contribution in [1.29, 1.82) is 0 Å². The van der Waals surface area contributed by atoms with E-state index in [4.69, 9.17) is 0 Å². The molecule has 1 aliphatic rings. The maximum atomic E-state index is 12.5. The second-order valence-electron chi connectivity index (χ2n) is 7.11. The lowest BCUT2D eigenvalue weighted by atomic mass is 10.00. The van der Waals surface area contributed by atoms with E-state index in [0.29, 0.717) is 18.5 Å². The van der Waals surface area contributed by atoms with Crippen molar-refractivity contribution < 1.29 is 13.3 Å². The number of halogens is 1. The number of aryl methyl sites for hydroxylation is 1. The molecular formula is C20H26ClN3O4S. The first-order valence-electron chi connectivity index (χ1n) is 9.41. The summed E-state index contributed by atoms with van der Waals surface area (Å²) in [4.78, 5) is 12.7. The van der Waals surface area contributed by atoms with Gasteiger partial charge in [-0.05, 0) is 49.4 Å². The molecule has 1 N–H and O–H groups in total. The Balaban J connectivity index is 0.00000300. The number of nitro benzene ring substituents is 1. The summed E-state index contributed by atoms with van der Waals surface area (Å²) in [6.07, 6.45) is 2.65. The van der Waals surface area contributed by atoms with Gasteiger partial charge in [0.2, 0.25) is 10.0 Å². The molecule has 0 saturated heterocycles. The van der Waals surface area contributed by atoms with Crippen molar-refractivity contribution >= 4 is 28.1 Å². The third-order valence-electron chi connectivity index (χ3n) is 5.07. The van der Waals surface area contributed by atoms with Crippen LogP contribution in [0.3, 0.4) is 0 Å². The summed E-state index contributed by atoms with van der Waals surface area (Å²) in [5.41, 5.74) is 3.05. The summed E-state index contributed by atoms with van der Waals surface area (Å²) in [7, 11) is -3.76. The lowest BCUT2D eigenvalue weighted by molar-refractivity contribution is -0.385. The molecule has 3 rings (SSSR count). The van der Waals surface area contributed by atoms with Crippen molar-refractivity contribution in [3.05, 3.63) is 69.3 Å². The predicted octanol–water partition coefficient (Wildman–Crippen LogP) is 3.44. The Bertz CT molecular complexity index is 966. The number of nitrogens with one attached hydrogen (secondary N) is 1. The van der Waals surface area contributed by atoms with Crippen LogP contribution in [0, 0.1) is 17.0 Å². The number of nitrogens with zero attached hydrogens (tertiary/aromatic N) is 2. The summed E-state index contributed by atoms with van der Waals surface area (Å²) in [6.45, 7) is 4.83. The zero-order valence-corrected chi connectivity index (χ0v) is 18.0. The minimum Gasteiger partial charge on any atom is -0.299 e. The van der Waals surface area contributed by atoms with Gasteiger partial charge in [-0.15, -0.1) is 12.4 Å². The SMILES string of the molecule is Cc1ccc([N+](=O)[O-])cc1S(=O)(=O)NCCCCN1CCc2ccccc2C1.Cl. The number of non-ortho nitro benzene ring substituents is 1. The van der Waals surface area contributed by atoms with Crippen LogP contribution in [0.25, 0.3) is 0 Å². The van der Waals surface area contributed by atoms with Crippen LogP contribution in [0.5, 0.6) is 0 Å². The predicted molar refractivity (Wildman–Crippen MR) is 115 cm³/mol. The van der Waals surface area contributed by atoms with Crippen LogP contribution in [0.2, 0.25) is 0 Å². The van der Waals surface area contributed by atoms with Crippen LogP contribution in [0.1, 0.15) is 29.5 Å². The topological polar surface area (TPSA) is 92.5 Å². The summed E-state index contributed by atoms with van der Waals surface area (Å²) in [5, 5.41) is 10.9. The van der Waals surface area contributed by atoms with Gasteiger partial charge in [0.25, 0.3) is 5.69 Å². The number of rotatable bonds is 8. The van der Waals surface area contributed by atoms with Gasteiger partial charge in [0.15, 0.2) is 0 Å². The molecule has 0 amide bonds. The van der Waals surface area contributed by atoms with E-state index in [1.54, 1.807) is 6.92 Å². The number of unbranched alkanes of at least 4 members (excludes halogenated alkanes) is 1. The molecule has 0 atom stereocenters. The average Bonchev–Trinajstić information content (AvgIpc) is 2.67. The molecule has 1 heterocycles. The molecule has 0 radical (unpaired) electrons. The zero-order valence-electron chi connectivity index (χ0n) is 16.3. The highest BCUT2D eigenvalue weighted by Gasteiger charge is 2.20. The number of sulfonamides is 1. The van der Waals surface area contributed by atoms with Gasteiger partial charge < -0.3 is 0 Å². The minimum atomic E-state index is -3.76. The van der Waals surface area contributed by atoms with E-state index >= 15 is 0 Å². The molecule has 9 heteroatoms. The van der Waals surface area contributed by atoms with Gasteiger partial charge in [0.05, 0.1) is 9.82 Å². The summed E-state index contributed by atoms with van der Waals surface area (Å²) in [5.74, 6) is 0. The van der Waals surface area contributed by atoms with Crippen molar-refractivity contribution in [3.63, 3.8) is 0 Å². The fourth-order valence-corrected chi connectivity index (χ4v) is 4.82. The second kappa shape index (κ2) is 10.2. The Morgan fingerprint density at radius 1 is 1.14 bits per heavy atom. The van der Waals surface area contributed by atoms with Crippen molar-refractivity contribution in [2.24, 2.45) is 0 Å². The van der Waals surface area contributed by atoms with Crippen LogP contribution in [-0.2, 0) is 23.0 Å². The van der Waals surface area contributed by atoms with Crippen LogP contribution >= 0.6 is 12.4 Å². The molecule has 158 valence electrons. The number of hydrogen-bond acceptors (Lipinski definition) is 5. The highest BCUT2D eigenvalue weighted by molar-refractivity contribution is 7.89. The van der Waals surface area contributed by atoms with E-state index < -0.39 is 14.9 Å². The first kappa shape index (κ1) is 23.3. The Kier molecular flexibility index (Phi) is 8.15. The highest BCUT2D eigenvalue weighted by Crippen LogP contribution is 2.22. The van der Waals surface area contributed by atoms with Crippen molar-refractivity contribution in [2.45, 2.75) is 37.6 Å². The molecule has 0 fully saturated rings. The Morgan fingerprint density at radius 2 is 1.86 bits per heavy atom. The molecule has 0 saturated carbocycles. The van der Waals surface area contributed by atoms with E-state index in [-0.39, 0.29) is 23.0 Å². The van der Waals surface area contributed by atoms with Gasteiger partial charge in [0, 0.05) is 31.8 Å². The van der Waals surface area contributed by atoms with E-state index in [2.05, 4.69) is 33.9 Å². The molecule has 0 aliphatic carbocycles. The maximum Gasteiger partial charge on any atom is 0.270 e. The van der Waals surface area contributed by atoms with E-state index in [9.17, 15) is 18.5 Å².